The van der Waals surface area contributed by atoms with E-state index < -0.39 is 11.6 Å². The highest BCUT2D eigenvalue weighted by molar-refractivity contribution is 5.75. The van der Waals surface area contributed by atoms with Gasteiger partial charge in [-0.25, -0.2) is 13.8 Å². The van der Waals surface area contributed by atoms with Crippen LogP contribution in [0.1, 0.15) is 31.5 Å². The number of halogens is 2. The summed E-state index contributed by atoms with van der Waals surface area (Å²) in [4.78, 5) is 7.31. The van der Waals surface area contributed by atoms with Gasteiger partial charge in [-0.15, -0.1) is 0 Å². The van der Waals surface area contributed by atoms with Crippen LogP contribution < -0.4 is 5.32 Å². The number of aromatic nitrogens is 2. The van der Waals surface area contributed by atoms with Gasteiger partial charge >= 0.3 is 0 Å². The molecular weight excluding hydrogens is 248 g/mol. The van der Waals surface area contributed by atoms with Crippen molar-refractivity contribution in [2.45, 2.75) is 38.1 Å². The van der Waals surface area contributed by atoms with Crippen LogP contribution in [0.2, 0.25) is 0 Å². The first-order valence-corrected chi connectivity index (χ1v) is 6.79. The van der Waals surface area contributed by atoms with E-state index in [2.05, 4.69) is 15.3 Å². The molecule has 1 saturated carbocycles. The number of nitrogens with zero attached hydrogens (tertiary/aromatic N) is 1. The van der Waals surface area contributed by atoms with Crippen LogP contribution in [0.4, 0.5) is 8.78 Å². The number of imidazole rings is 1. The molecule has 5 heteroatoms. The summed E-state index contributed by atoms with van der Waals surface area (Å²) in [5, 5.41) is 3.49. The van der Waals surface area contributed by atoms with Gasteiger partial charge in [-0.2, -0.15) is 0 Å². The van der Waals surface area contributed by atoms with Gasteiger partial charge in [0.1, 0.15) is 5.82 Å². The molecule has 0 radical (unpaired) electrons. The Bertz CT molecular complexity index is 534. The minimum Gasteiger partial charge on any atom is -0.342 e. The Balaban J connectivity index is 1.64. The molecule has 19 heavy (non-hydrogen) atoms. The smallest absolute Gasteiger partial charge is 0.161 e. The lowest BCUT2D eigenvalue weighted by Crippen LogP contribution is -2.28. The van der Waals surface area contributed by atoms with Gasteiger partial charge in [-0.05, 0) is 12.8 Å². The van der Waals surface area contributed by atoms with Crippen molar-refractivity contribution in [1.29, 1.82) is 0 Å². The van der Waals surface area contributed by atoms with E-state index in [0.29, 0.717) is 17.1 Å². The van der Waals surface area contributed by atoms with Crippen LogP contribution in [0.3, 0.4) is 0 Å². The lowest BCUT2D eigenvalue weighted by atomic mass is 10.2. The quantitative estimate of drug-likeness (QED) is 0.892. The van der Waals surface area contributed by atoms with E-state index in [0.717, 1.165) is 30.9 Å². The predicted molar refractivity (Wildman–Crippen MR) is 70.0 cm³/mol. The highest BCUT2D eigenvalue weighted by Gasteiger charge is 2.14. The van der Waals surface area contributed by atoms with Gasteiger partial charge in [0.15, 0.2) is 11.6 Å². The number of fused-ring (bicyclic) bond motifs is 1. The van der Waals surface area contributed by atoms with Crippen molar-refractivity contribution in [3.8, 4) is 0 Å². The van der Waals surface area contributed by atoms with Crippen molar-refractivity contribution < 1.29 is 8.78 Å². The van der Waals surface area contributed by atoms with Gasteiger partial charge in [-0.1, -0.05) is 12.8 Å². The zero-order valence-corrected chi connectivity index (χ0v) is 10.7. The molecule has 1 fully saturated rings. The standard InChI is InChI=1S/C14H17F2N3/c15-10-7-12-13(8-11(10)16)19-14(18-12)5-6-17-9-3-1-2-4-9/h7-9,17H,1-6H2,(H,18,19). The molecule has 1 aromatic carbocycles. The molecule has 0 spiro atoms. The molecule has 3 rings (SSSR count). The number of aromatic amines is 1. The zero-order valence-electron chi connectivity index (χ0n) is 10.7. The molecule has 1 heterocycles. The molecule has 102 valence electrons. The van der Waals surface area contributed by atoms with Crippen LogP contribution in [0.5, 0.6) is 0 Å². The summed E-state index contributed by atoms with van der Waals surface area (Å²) < 4.78 is 26.2. The third-order valence-electron chi connectivity index (χ3n) is 3.72. The first kappa shape index (κ1) is 12.5. The molecule has 2 N–H and O–H groups in total. The first-order chi connectivity index (χ1) is 9.22. The zero-order chi connectivity index (χ0) is 13.2. The molecule has 1 aliphatic carbocycles. The van der Waals surface area contributed by atoms with E-state index in [1.165, 1.54) is 25.7 Å². The van der Waals surface area contributed by atoms with Gasteiger partial charge in [0.25, 0.3) is 0 Å². The average Bonchev–Trinajstić information content (AvgIpc) is 2.99. The summed E-state index contributed by atoms with van der Waals surface area (Å²) >= 11 is 0. The highest BCUT2D eigenvalue weighted by atomic mass is 19.2. The van der Waals surface area contributed by atoms with Crippen molar-refractivity contribution in [3.63, 3.8) is 0 Å². The number of hydrogen-bond donors (Lipinski definition) is 2. The van der Waals surface area contributed by atoms with Crippen LogP contribution in [0, 0.1) is 11.6 Å². The fourth-order valence-corrected chi connectivity index (χ4v) is 2.70. The van der Waals surface area contributed by atoms with E-state index in [1.54, 1.807) is 0 Å². The predicted octanol–water partition coefficient (Wildman–Crippen LogP) is 2.92. The van der Waals surface area contributed by atoms with Crippen molar-refractivity contribution >= 4 is 11.0 Å². The number of benzene rings is 1. The number of hydrogen-bond acceptors (Lipinski definition) is 2. The minimum atomic E-state index is -0.852. The van der Waals surface area contributed by atoms with Gasteiger partial charge < -0.3 is 10.3 Å². The van der Waals surface area contributed by atoms with E-state index in [9.17, 15) is 8.78 Å². The molecule has 0 amide bonds. The Morgan fingerprint density at radius 3 is 2.74 bits per heavy atom. The lowest BCUT2D eigenvalue weighted by Gasteiger charge is -2.10. The average molecular weight is 265 g/mol. The third kappa shape index (κ3) is 2.76. The Labute approximate surface area is 110 Å². The molecule has 3 nitrogen and oxygen atoms in total. The van der Waals surface area contributed by atoms with Crippen molar-refractivity contribution in [1.82, 2.24) is 15.3 Å². The SMILES string of the molecule is Fc1cc2nc(CCNC3CCCC3)[nH]c2cc1F. The topological polar surface area (TPSA) is 40.7 Å². The van der Waals surface area contributed by atoms with Gasteiger partial charge in [-0.3, -0.25) is 0 Å². The van der Waals surface area contributed by atoms with Crippen molar-refractivity contribution in [2.75, 3.05) is 6.54 Å². The molecule has 0 atom stereocenters. The molecular formula is C14H17F2N3. The van der Waals surface area contributed by atoms with Crippen LogP contribution in [0.15, 0.2) is 12.1 Å². The summed E-state index contributed by atoms with van der Waals surface area (Å²) in [6.07, 6.45) is 5.85. The maximum Gasteiger partial charge on any atom is 0.161 e. The van der Waals surface area contributed by atoms with E-state index in [-0.39, 0.29) is 0 Å². The monoisotopic (exact) mass is 265 g/mol. The number of rotatable bonds is 4. The highest BCUT2D eigenvalue weighted by Crippen LogP contribution is 2.18. The third-order valence-corrected chi connectivity index (χ3v) is 3.72. The first-order valence-electron chi connectivity index (χ1n) is 6.79. The Kier molecular flexibility index (Phi) is 3.46. The van der Waals surface area contributed by atoms with Crippen molar-refractivity contribution in [2.24, 2.45) is 0 Å². The summed E-state index contributed by atoms with van der Waals surface area (Å²) in [5.41, 5.74) is 1.03. The van der Waals surface area contributed by atoms with E-state index >= 15 is 0 Å². The van der Waals surface area contributed by atoms with Crippen molar-refractivity contribution in [3.05, 3.63) is 29.6 Å². The van der Waals surface area contributed by atoms with E-state index in [1.807, 2.05) is 0 Å². The minimum absolute atomic E-state index is 0.481. The fraction of sp³-hybridized carbons (Fsp3) is 0.500. The molecule has 0 saturated heterocycles. The Hall–Kier alpha value is -1.49. The molecule has 1 aliphatic rings. The Morgan fingerprint density at radius 2 is 1.95 bits per heavy atom. The normalized spacial score (nSPS) is 16.5. The summed E-state index contributed by atoms with van der Waals surface area (Å²) in [6.45, 7) is 0.843. The van der Waals surface area contributed by atoms with Crippen LogP contribution in [0.25, 0.3) is 11.0 Å². The molecule has 0 aliphatic heterocycles. The van der Waals surface area contributed by atoms with Crippen LogP contribution >= 0.6 is 0 Å². The van der Waals surface area contributed by atoms with Crippen LogP contribution in [-0.4, -0.2) is 22.6 Å². The fourth-order valence-electron chi connectivity index (χ4n) is 2.70. The van der Waals surface area contributed by atoms with E-state index in [4.69, 9.17) is 0 Å². The second kappa shape index (κ2) is 5.25. The maximum atomic E-state index is 13.1. The number of nitrogens with one attached hydrogen (secondary N) is 2. The summed E-state index contributed by atoms with van der Waals surface area (Å²) in [5.74, 6) is -0.924. The number of H-pyrrole nitrogens is 1. The molecule has 2 aromatic rings. The van der Waals surface area contributed by atoms with Crippen LogP contribution in [-0.2, 0) is 6.42 Å². The summed E-state index contributed by atoms with van der Waals surface area (Å²) in [6, 6.07) is 2.92. The molecule has 0 unspecified atom stereocenters. The largest absolute Gasteiger partial charge is 0.342 e. The lowest BCUT2D eigenvalue weighted by molar-refractivity contribution is 0.510. The second-order valence-electron chi connectivity index (χ2n) is 5.15. The van der Waals surface area contributed by atoms with Gasteiger partial charge in [0.2, 0.25) is 0 Å². The second-order valence-corrected chi connectivity index (χ2v) is 5.15. The Morgan fingerprint density at radius 1 is 1.21 bits per heavy atom. The summed E-state index contributed by atoms with van der Waals surface area (Å²) in [7, 11) is 0. The maximum absolute atomic E-state index is 13.1. The molecule has 1 aromatic heterocycles. The molecule has 0 bridgehead atoms. The van der Waals surface area contributed by atoms with Gasteiger partial charge in [0, 0.05) is 31.1 Å². The van der Waals surface area contributed by atoms with Gasteiger partial charge in [0.05, 0.1) is 11.0 Å².